The first kappa shape index (κ1) is 24.1. The van der Waals surface area contributed by atoms with Crippen LogP contribution in [-0.2, 0) is 0 Å². The second-order valence-electron chi connectivity index (χ2n) is 6.71. The van der Waals surface area contributed by atoms with E-state index in [1.807, 2.05) is 13.8 Å². The fourth-order valence-electron chi connectivity index (χ4n) is 2.21. The quantitative estimate of drug-likeness (QED) is 0.681. The highest BCUT2D eigenvalue weighted by molar-refractivity contribution is 4.71. The van der Waals surface area contributed by atoms with E-state index in [2.05, 4.69) is 63.4 Å². The standard InChI is InChI=1S/C9H21N.C8H18N2.C2H6/c1-5-6-7-8-10(4)9(2)3;1-8(2)10-6-4-9(3)5-7-10;1-2/h9H,5-8H2,1-4H3;8H,4-7H2,1-3H3;1-2H3. The Labute approximate surface area is 142 Å². The highest BCUT2D eigenvalue weighted by Gasteiger charge is 2.15. The van der Waals surface area contributed by atoms with Gasteiger partial charge in [0.25, 0.3) is 0 Å². The Balaban J connectivity index is 0. The van der Waals surface area contributed by atoms with Crippen LogP contribution in [0.1, 0.15) is 67.7 Å². The molecule has 0 atom stereocenters. The van der Waals surface area contributed by atoms with E-state index in [-0.39, 0.29) is 0 Å². The zero-order valence-electron chi connectivity index (χ0n) is 17.2. The zero-order chi connectivity index (χ0) is 17.5. The SMILES string of the molecule is CC.CC(C)N1CCN(C)CC1.CCCCCN(C)C(C)C. The Morgan fingerprint density at radius 1 is 0.909 bits per heavy atom. The normalized spacial score (nSPS) is 16.4. The Bertz CT molecular complexity index is 209. The molecule has 0 N–H and O–H groups in total. The largest absolute Gasteiger partial charge is 0.304 e. The average molecular weight is 316 g/mol. The summed E-state index contributed by atoms with van der Waals surface area (Å²) in [5.74, 6) is 0. The second-order valence-corrected chi connectivity index (χ2v) is 6.71. The van der Waals surface area contributed by atoms with Crippen molar-refractivity contribution in [3.05, 3.63) is 0 Å². The van der Waals surface area contributed by atoms with Gasteiger partial charge < -0.3 is 9.80 Å². The molecule has 0 radical (unpaired) electrons. The summed E-state index contributed by atoms with van der Waals surface area (Å²) in [6.07, 6.45) is 4.05. The summed E-state index contributed by atoms with van der Waals surface area (Å²) in [5.41, 5.74) is 0. The van der Waals surface area contributed by atoms with Crippen molar-refractivity contribution in [2.75, 3.05) is 46.8 Å². The lowest BCUT2D eigenvalue weighted by atomic mass is 10.2. The molecule has 0 aromatic heterocycles. The van der Waals surface area contributed by atoms with Crippen molar-refractivity contribution < 1.29 is 0 Å². The fourth-order valence-corrected chi connectivity index (χ4v) is 2.21. The second kappa shape index (κ2) is 15.8. The van der Waals surface area contributed by atoms with Crippen molar-refractivity contribution in [1.29, 1.82) is 0 Å². The Kier molecular flexibility index (Phi) is 17.3. The van der Waals surface area contributed by atoms with Gasteiger partial charge in [-0.15, -0.1) is 0 Å². The van der Waals surface area contributed by atoms with Crippen LogP contribution >= 0.6 is 0 Å². The molecule has 1 heterocycles. The fraction of sp³-hybridized carbons (Fsp3) is 1.00. The van der Waals surface area contributed by atoms with Crippen LogP contribution in [0, 0.1) is 0 Å². The third-order valence-electron chi connectivity index (χ3n) is 4.26. The third kappa shape index (κ3) is 13.5. The molecular formula is C19H45N3. The van der Waals surface area contributed by atoms with E-state index < -0.39 is 0 Å². The Morgan fingerprint density at radius 3 is 1.77 bits per heavy atom. The lowest BCUT2D eigenvalue weighted by Gasteiger charge is -2.34. The molecule has 3 heteroatoms. The van der Waals surface area contributed by atoms with Crippen LogP contribution in [0.3, 0.4) is 0 Å². The molecule has 1 aliphatic rings. The molecule has 0 bridgehead atoms. The first-order valence-electron chi connectivity index (χ1n) is 9.51. The maximum Gasteiger partial charge on any atom is 0.0112 e. The molecule has 1 rings (SSSR count). The van der Waals surface area contributed by atoms with Crippen LogP contribution in [0.5, 0.6) is 0 Å². The molecule has 22 heavy (non-hydrogen) atoms. The molecule has 0 aliphatic carbocycles. The van der Waals surface area contributed by atoms with Gasteiger partial charge in [-0.2, -0.15) is 0 Å². The van der Waals surface area contributed by atoms with Gasteiger partial charge in [0.05, 0.1) is 0 Å². The number of unbranched alkanes of at least 4 members (excludes halogenated alkanes) is 2. The monoisotopic (exact) mass is 315 g/mol. The Morgan fingerprint density at radius 2 is 1.41 bits per heavy atom. The first-order chi connectivity index (χ1) is 10.4. The van der Waals surface area contributed by atoms with Crippen molar-refractivity contribution >= 4 is 0 Å². The van der Waals surface area contributed by atoms with E-state index >= 15 is 0 Å². The number of nitrogens with zero attached hydrogens (tertiary/aromatic N) is 3. The van der Waals surface area contributed by atoms with E-state index in [0.717, 1.165) is 6.04 Å². The van der Waals surface area contributed by atoms with E-state index in [9.17, 15) is 0 Å². The highest BCUT2D eigenvalue weighted by Crippen LogP contribution is 2.03. The van der Waals surface area contributed by atoms with Crippen molar-refractivity contribution in [1.82, 2.24) is 14.7 Å². The molecule has 0 aromatic carbocycles. The molecule has 0 aromatic rings. The molecule has 0 unspecified atom stereocenters. The molecule has 0 saturated carbocycles. The van der Waals surface area contributed by atoms with Crippen molar-refractivity contribution in [3.8, 4) is 0 Å². The Hall–Kier alpha value is -0.120. The average Bonchev–Trinajstić information content (AvgIpc) is 2.50. The number of rotatable bonds is 6. The van der Waals surface area contributed by atoms with E-state index in [1.165, 1.54) is 52.0 Å². The summed E-state index contributed by atoms with van der Waals surface area (Å²) in [7, 11) is 4.39. The van der Waals surface area contributed by atoms with Gasteiger partial charge >= 0.3 is 0 Å². The maximum absolute atomic E-state index is 2.53. The molecule has 0 spiro atoms. The number of piperazine rings is 1. The van der Waals surface area contributed by atoms with Crippen LogP contribution in [-0.4, -0.2) is 73.6 Å². The van der Waals surface area contributed by atoms with Crippen molar-refractivity contribution in [2.45, 2.75) is 79.8 Å². The predicted molar refractivity (Wildman–Crippen MR) is 103 cm³/mol. The summed E-state index contributed by atoms with van der Waals surface area (Å²) in [6.45, 7) is 21.5. The van der Waals surface area contributed by atoms with Crippen LogP contribution in [0.15, 0.2) is 0 Å². The van der Waals surface area contributed by atoms with Crippen LogP contribution in [0.25, 0.3) is 0 Å². The van der Waals surface area contributed by atoms with Crippen LogP contribution in [0.4, 0.5) is 0 Å². The highest BCUT2D eigenvalue weighted by atomic mass is 15.3. The number of likely N-dealkylation sites (N-methyl/N-ethyl adjacent to an activating group) is 1. The van der Waals surface area contributed by atoms with Gasteiger partial charge in [0.2, 0.25) is 0 Å². The maximum atomic E-state index is 2.53. The van der Waals surface area contributed by atoms with Gasteiger partial charge in [0.1, 0.15) is 0 Å². The van der Waals surface area contributed by atoms with Gasteiger partial charge in [-0.3, -0.25) is 4.90 Å². The number of hydrogen-bond donors (Lipinski definition) is 0. The first-order valence-corrected chi connectivity index (χ1v) is 9.51. The van der Waals surface area contributed by atoms with Crippen LogP contribution in [0.2, 0.25) is 0 Å². The van der Waals surface area contributed by atoms with Gasteiger partial charge in [-0.25, -0.2) is 0 Å². The summed E-state index contributed by atoms with van der Waals surface area (Å²) in [5, 5.41) is 0. The summed E-state index contributed by atoms with van der Waals surface area (Å²) < 4.78 is 0. The van der Waals surface area contributed by atoms with Crippen LogP contribution < -0.4 is 0 Å². The minimum atomic E-state index is 0.705. The molecular weight excluding hydrogens is 270 g/mol. The van der Waals surface area contributed by atoms with Crippen molar-refractivity contribution in [2.24, 2.45) is 0 Å². The lowest BCUT2D eigenvalue weighted by Crippen LogP contribution is -2.47. The molecule has 1 saturated heterocycles. The van der Waals surface area contributed by atoms with E-state index in [0.29, 0.717) is 6.04 Å². The minimum Gasteiger partial charge on any atom is -0.304 e. The van der Waals surface area contributed by atoms with Gasteiger partial charge in [0, 0.05) is 38.3 Å². The van der Waals surface area contributed by atoms with E-state index in [1.54, 1.807) is 0 Å². The summed E-state index contributed by atoms with van der Waals surface area (Å²) in [6, 6.07) is 1.44. The minimum absolute atomic E-state index is 0.705. The summed E-state index contributed by atoms with van der Waals surface area (Å²) >= 11 is 0. The molecule has 3 nitrogen and oxygen atoms in total. The van der Waals surface area contributed by atoms with Gasteiger partial charge in [-0.05, 0) is 54.8 Å². The number of hydrogen-bond acceptors (Lipinski definition) is 3. The molecule has 1 fully saturated rings. The van der Waals surface area contributed by atoms with Crippen molar-refractivity contribution in [3.63, 3.8) is 0 Å². The topological polar surface area (TPSA) is 9.72 Å². The molecule has 136 valence electrons. The predicted octanol–water partition coefficient (Wildman–Crippen LogP) is 4.19. The molecule has 1 aliphatic heterocycles. The van der Waals surface area contributed by atoms with E-state index in [4.69, 9.17) is 0 Å². The smallest absolute Gasteiger partial charge is 0.0112 e. The summed E-state index contributed by atoms with van der Waals surface area (Å²) in [4.78, 5) is 7.31. The zero-order valence-corrected chi connectivity index (χ0v) is 17.2. The molecule has 0 amide bonds. The third-order valence-corrected chi connectivity index (χ3v) is 4.26. The lowest BCUT2D eigenvalue weighted by molar-refractivity contribution is 0.126. The van der Waals surface area contributed by atoms with Gasteiger partial charge in [0.15, 0.2) is 0 Å². The van der Waals surface area contributed by atoms with Gasteiger partial charge in [-0.1, -0.05) is 33.6 Å².